The van der Waals surface area contributed by atoms with E-state index in [-0.39, 0.29) is 6.04 Å². The molecule has 0 radical (unpaired) electrons. The predicted octanol–water partition coefficient (Wildman–Crippen LogP) is 4.70. The summed E-state index contributed by atoms with van der Waals surface area (Å²) in [5, 5.41) is 0.809. The summed E-state index contributed by atoms with van der Waals surface area (Å²) < 4.78 is 0. The maximum absolute atomic E-state index is 6.23. The third kappa shape index (κ3) is 3.72. The van der Waals surface area contributed by atoms with E-state index in [2.05, 4.69) is 0 Å². The molecule has 1 atom stereocenters. The summed E-state index contributed by atoms with van der Waals surface area (Å²) in [6.45, 7) is 0. The molecule has 2 rings (SSSR count). The largest absolute Gasteiger partial charge is 0.324 e. The number of hydrogen-bond acceptors (Lipinski definition) is 1. The van der Waals surface area contributed by atoms with Crippen LogP contribution in [0.15, 0.2) is 24.3 Å². The number of rotatable bonds is 4. The molecule has 0 aromatic heterocycles. The third-order valence-corrected chi connectivity index (χ3v) is 4.26. The molecule has 1 aromatic carbocycles. The molecule has 1 aliphatic carbocycles. The first kappa shape index (κ1) is 12.9. The maximum atomic E-state index is 6.23. The smallest absolute Gasteiger partial charge is 0.0453 e. The summed E-state index contributed by atoms with van der Waals surface area (Å²) in [4.78, 5) is 0. The lowest BCUT2D eigenvalue weighted by Gasteiger charge is -2.23. The molecule has 1 aromatic rings. The summed E-state index contributed by atoms with van der Waals surface area (Å²) in [5.41, 5.74) is 7.33. The van der Waals surface area contributed by atoms with Crippen molar-refractivity contribution in [3.63, 3.8) is 0 Å². The SMILES string of the molecule is NC(CCC1CCCCC1)c1ccccc1Cl. The molecule has 1 aliphatic rings. The summed E-state index contributed by atoms with van der Waals surface area (Å²) in [5.74, 6) is 0.900. The molecule has 0 bridgehead atoms. The lowest BCUT2D eigenvalue weighted by Crippen LogP contribution is -2.14. The Hall–Kier alpha value is -0.530. The van der Waals surface area contributed by atoms with Crippen LogP contribution in [-0.2, 0) is 0 Å². The van der Waals surface area contributed by atoms with Crippen molar-refractivity contribution in [1.82, 2.24) is 0 Å². The van der Waals surface area contributed by atoms with Gasteiger partial charge in [0.25, 0.3) is 0 Å². The van der Waals surface area contributed by atoms with E-state index in [1.807, 2.05) is 24.3 Å². The second-order valence-electron chi connectivity index (χ2n) is 5.21. The van der Waals surface area contributed by atoms with E-state index in [0.717, 1.165) is 22.9 Å². The van der Waals surface area contributed by atoms with Crippen LogP contribution in [-0.4, -0.2) is 0 Å². The molecule has 2 N–H and O–H groups in total. The fraction of sp³-hybridized carbons (Fsp3) is 0.600. The van der Waals surface area contributed by atoms with Gasteiger partial charge in [0, 0.05) is 11.1 Å². The molecule has 0 spiro atoms. The van der Waals surface area contributed by atoms with E-state index < -0.39 is 0 Å². The van der Waals surface area contributed by atoms with Gasteiger partial charge in [-0.3, -0.25) is 0 Å². The first-order chi connectivity index (χ1) is 8.27. The van der Waals surface area contributed by atoms with E-state index in [4.69, 9.17) is 17.3 Å². The zero-order valence-electron chi connectivity index (χ0n) is 10.4. The van der Waals surface area contributed by atoms with Gasteiger partial charge in [-0.1, -0.05) is 61.9 Å². The van der Waals surface area contributed by atoms with E-state index in [9.17, 15) is 0 Å². The first-order valence-corrected chi connectivity index (χ1v) is 7.15. The fourth-order valence-corrected chi connectivity index (χ4v) is 3.10. The van der Waals surface area contributed by atoms with Gasteiger partial charge in [0.05, 0.1) is 0 Å². The maximum Gasteiger partial charge on any atom is 0.0453 e. The average molecular weight is 252 g/mol. The Bertz CT molecular complexity index is 345. The van der Waals surface area contributed by atoms with Gasteiger partial charge in [-0.15, -0.1) is 0 Å². The van der Waals surface area contributed by atoms with Crippen LogP contribution in [0, 0.1) is 5.92 Å². The van der Waals surface area contributed by atoms with Crippen LogP contribution in [0.3, 0.4) is 0 Å². The van der Waals surface area contributed by atoms with Crippen molar-refractivity contribution in [2.24, 2.45) is 11.7 Å². The molecule has 1 nitrogen and oxygen atoms in total. The molecule has 1 fully saturated rings. The highest BCUT2D eigenvalue weighted by atomic mass is 35.5. The summed E-state index contributed by atoms with van der Waals surface area (Å²) in [6, 6.07) is 8.05. The van der Waals surface area contributed by atoms with Crippen molar-refractivity contribution >= 4 is 11.6 Å². The van der Waals surface area contributed by atoms with Gasteiger partial charge in [0.15, 0.2) is 0 Å². The van der Waals surface area contributed by atoms with Gasteiger partial charge in [0.1, 0.15) is 0 Å². The standard InChI is InChI=1S/C15H22ClN/c16-14-9-5-4-8-13(14)15(17)11-10-12-6-2-1-3-7-12/h4-5,8-9,12,15H,1-3,6-7,10-11,17H2. The van der Waals surface area contributed by atoms with Gasteiger partial charge in [-0.25, -0.2) is 0 Å². The quantitative estimate of drug-likeness (QED) is 0.825. The van der Waals surface area contributed by atoms with Crippen molar-refractivity contribution in [1.29, 1.82) is 0 Å². The summed E-state index contributed by atoms with van der Waals surface area (Å²) >= 11 is 6.16. The van der Waals surface area contributed by atoms with E-state index in [1.165, 1.54) is 38.5 Å². The minimum absolute atomic E-state index is 0.102. The van der Waals surface area contributed by atoms with Gasteiger partial charge in [-0.2, -0.15) is 0 Å². The van der Waals surface area contributed by atoms with Crippen molar-refractivity contribution in [3.05, 3.63) is 34.9 Å². The Kier molecular flexibility index (Phi) is 4.87. The highest BCUT2D eigenvalue weighted by Gasteiger charge is 2.16. The molecule has 0 amide bonds. The van der Waals surface area contributed by atoms with Crippen LogP contribution in [0.2, 0.25) is 5.02 Å². The molecule has 2 heteroatoms. The van der Waals surface area contributed by atoms with Crippen molar-refractivity contribution < 1.29 is 0 Å². The van der Waals surface area contributed by atoms with Crippen LogP contribution < -0.4 is 5.73 Å². The minimum atomic E-state index is 0.102. The van der Waals surface area contributed by atoms with E-state index in [0.29, 0.717) is 0 Å². The molecule has 1 unspecified atom stereocenters. The van der Waals surface area contributed by atoms with Gasteiger partial charge in [-0.05, 0) is 30.4 Å². The molecule has 0 saturated heterocycles. The van der Waals surface area contributed by atoms with Crippen LogP contribution in [0.25, 0.3) is 0 Å². The predicted molar refractivity (Wildman–Crippen MR) is 74.2 cm³/mol. The molecular weight excluding hydrogens is 230 g/mol. The topological polar surface area (TPSA) is 26.0 Å². The van der Waals surface area contributed by atoms with Crippen molar-refractivity contribution in [2.75, 3.05) is 0 Å². The highest BCUT2D eigenvalue weighted by molar-refractivity contribution is 6.31. The number of hydrogen-bond donors (Lipinski definition) is 1. The normalized spacial score (nSPS) is 19.2. The molecule has 0 aliphatic heterocycles. The minimum Gasteiger partial charge on any atom is -0.324 e. The number of halogens is 1. The Morgan fingerprint density at radius 3 is 2.59 bits per heavy atom. The second-order valence-corrected chi connectivity index (χ2v) is 5.62. The van der Waals surface area contributed by atoms with Crippen LogP contribution in [0.4, 0.5) is 0 Å². The van der Waals surface area contributed by atoms with Crippen molar-refractivity contribution in [3.8, 4) is 0 Å². The first-order valence-electron chi connectivity index (χ1n) is 6.77. The van der Waals surface area contributed by atoms with Gasteiger partial charge >= 0.3 is 0 Å². The lowest BCUT2D eigenvalue weighted by atomic mass is 9.84. The Morgan fingerprint density at radius 2 is 1.88 bits per heavy atom. The third-order valence-electron chi connectivity index (χ3n) is 3.92. The van der Waals surface area contributed by atoms with Crippen LogP contribution >= 0.6 is 11.6 Å². The Morgan fingerprint density at radius 1 is 1.18 bits per heavy atom. The zero-order chi connectivity index (χ0) is 12.1. The Balaban J connectivity index is 1.84. The molecular formula is C15H22ClN. The average Bonchev–Trinajstić information content (AvgIpc) is 2.38. The number of benzene rings is 1. The molecule has 94 valence electrons. The van der Waals surface area contributed by atoms with E-state index >= 15 is 0 Å². The van der Waals surface area contributed by atoms with Gasteiger partial charge < -0.3 is 5.73 Å². The monoisotopic (exact) mass is 251 g/mol. The van der Waals surface area contributed by atoms with E-state index in [1.54, 1.807) is 0 Å². The van der Waals surface area contributed by atoms with Crippen molar-refractivity contribution in [2.45, 2.75) is 51.0 Å². The number of nitrogens with two attached hydrogens (primary N) is 1. The summed E-state index contributed by atoms with van der Waals surface area (Å²) in [6.07, 6.45) is 9.36. The second kappa shape index (κ2) is 6.42. The zero-order valence-corrected chi connectivity index (χ0v) is 11.1. The highest BCUT2D eigenvalue weighted by Crippen LogP contribution is 2.31. The Labute approximate surface area is 109 Å². The molecule has 17 heavy (non-hydrogen) atoms. The van der Waals surface area contributed by atoms with Crippen LogP contribution in [0.1, 0.15) is 56.6 Å². The van der Waals surface area contributed by atoms with Crippen LogP contribution in [0.5, 0.6) is 0 Å². The molecule has 0 heterocycles. The summed E-state index contributed by atoms with van der Waals surface area (Å²) in [7, 11) is 0. The van der Waals surface area contributed by atoms with Gasteiger partial charge in [0.2, 0.25) is 0 Å². The molecule has 1 saturated carbocycles. The fourth-order valence-electron chi connectivity index (χ4n) is 2.82. The lowest BCUT2D eigenvalue weighted by molar-refractivity contribution is 0.324.